The van der Waals surface area contributed by atoms with Gasteiger partial charge in [0.05, 0.1) is 6.54 Å². The molecule has 0 saturated carbocycles. The molecule has 0 amide bonds. The summed E-state index contributed by atoms with van der Waals surface area (Å²) in [6, 6.07) is 10.7. The average molecular weight is 448 g/mol. The van der Waals surface area contributed by atoms with Gasteiger partial charge in [0.2, 0.25) is 0 Å². The van der Waals surface area contributed by atoms with E-state index in [0.717, 1.165) is 57.5 Å². The van der Waals surface area contributed by atoms with Crippen LogP contribution in [0.4, 0.5) is 0 Å². The van der Waals surface area contributed by atoms with Crippen LogP contribution in [0.25, 0.3) is 0 Å². The maximum atomic E-state index is 4.73. The zero-order valence-electron chi connectivity index (χ0n) is 14.2. The Hall–Kier alpha value is -0.470. The highest BCUT2D eigenvalue weighted by atomic mass is 127. The van der Waals surface area contributed by atoms with E-state index in [9.17, 15) is 0 Å². The van der Waals surface area contributed by atoms with Gasteiger partial charge in [0.1, 0.15) is 0 Å². The molecule has 1 fully saturated rings. The monoisotopic (exact) mass is 448 g/mol. The lowest BCUT2D eigenvalue weighted by Gasteiger charge is -2.36. The van der Waals surface area contributed by atoms with E-state index in [4.69, 9.17) is 4.99 Å². The number of nitrogens with one attached hydrogen (secondary N) is 1. The van der Waals surface area contributed by atoms with Crippen LogP contribution in [0.1, 0.15) is 12.5 Å². The van der Waals surface area contributed by atoms with Crippen molar-refractivity contribution < 1.29 is 0 Å². The summed E-state index contributed by atoms with van der Waals surface area (Å²) < 4.78 is 0. The first kappa shape index (κ1) is 20.6. The van der Waals surface area contributed by atoms with Crippen molar-refractivity contribution in [2.75, 3.05) is 51.3 Å². The molecule has 0 radical (unpaired) electrons. The number of halogens is 1. The van der Waals surface area contributed by atoms with Gasteiger partial charge in [-0.25, -0.2) is 0 Å². The highest BCUT2D eigenvalue weighted by Crippen LogP contribution is 2.08. The first-order valence-corrected chi connectivity index (χ1v) is 9.51. The molecule has 1 N–H and O–H groups in total. The third-order valence-corrected chi connectivity index (χ3v) is 4.40. The van der Waals surface area contributed by atoms with Gasteiger partial charge >= 0.3 is 0 Å². The van der Waals surface area contributed by atoms with Crippen LogP contribution in [0.2, 0.25) is 0 Å². The van der Waals surface area contributed by atoms with Crippen molar-refractivity contribution in [2.24, 2.45) is 4.99 Å². The molecule has 1 aliphatic heterocycles. The molecular formula is C17H29IN4S. The minimum Gasteiger partial charge on any atom is -0.357 e. The largest absolute Gasteiger partial charge is 0.357 e. The molecule has 23 heavy (non-hydrogen) atoms. The Labute approximate surface area is 162 Å². The van der Waals surface area contributed by atoms with E-state index < -0.39 is 0 Å². The van der Waals surface area contributed by atoms with E-state index in [1.807, 2.05) is 11.8 Å². The Morgan fingerprint density at radius 3 is 2.48 bits per heavy atom. The van der Waals surface area contributed by atoms with Crippen molar-refractivity contribution >= 4 is 41.7 Å². The van der Waals surface area contributed by atoms with Gasteiger partial charge < -0.3 is 10.2 Å². The van der Waals surface area contributed by atoms with Crippen LogP contribution >= 0.6 is 35.7 Å². The highest BCUT2D eigenvalue weighted by Gasteiger charge is 2.19. The number of piperazine rings is 1. The van der Waals surface area contributed by atoms with E-state index in [1.165, 1.54) is 5.56 Å². The summed E-state index contributed by atoms with van der Waals surface area (Å²) in [6.07, 6.45) is 2.13. The van der Waals surface area contributed by atoms with Gasteiger partial charge in [0.25, 0.3) is 0 Å². The van der Waals surface area contributed by atoms with E-state index >= 15 is 0 Å². The van der Waals surface area contributed by atoms with Crippen molar-refractivity contribution in [3.05, 3.63) is 35.9 Å². The predicted octanol–water partition coefficient (Wildman–Crippen LogP) is 2.75. The second-order valence-corrected chi connectivity index (χ2v) is 6.46. The second-order valence-electron chi connectivity index (χ2n) is 5.48. The number of thioether (sulfide) groups is 1. The maximum Gasteiger partial charge on any atom is 0.194 e. The van der Waals surface area contributed by atoms with Crippen LogP contribution < -0.4 is 5.32 Å². The lowest BCUT2D eigenvalue weighted by atomic mass is 10.2. The molecule has 130 valence electrons. The maximum absolute atomic E-state index is 4.73. The number of aliphatic imine (C=N–C) groups is 1. The standard InChI is InChI=1S/C17H28N4S.HI/c1-3-18-17(19-9-14-22-2)21-12-10-20(11-13-21)15-16-7-5-4-6-8-16;/h4-8H,3,9-15H2,1-2H3,(H,18,19);1H. The molecule has 0 spiro atoms. The van der Waals surface area contributed by atoms with Crippen LogP contribution in [0, 0.1) is 0 Å². The molecular weight excluding hydrogens is 419 g/mol. The lowest BCUT2D eigenvalue weighted by molar-refractivity contribution is 0.172. The third-order valence-electron chi connectivity index (χ3n) is 3.81. The van der Waals surface area contributed by atoms with E-state index in [1.54, 1.807) is 0 Å². The van der Waals surface area contributed by atoms with Crippen molar-refractivity contribution in [1.82, 2.24) is 15.1 Å². The van der Waals surface area contributed by atoms with Crippen LogP contribution in [-0.4, -0.2) is 67.0 Å². The van der Waals surface area contributed by atoms with E-state index in [2.05, 4.69) is 58.6 Å². The Balaban J connectivity index is 0.00000264. The van der Waals surface area contributed by atoms with Crippen molar-refractivity contribution in [3.8, 4) is 0 Å². The molecule has 0 unspecified atom stereocenters. The summed E-state index contributed by atoms with van der Waals surface area (Å²) in [5.74, 6) is 2.17. The molecule has 1 aromatic rings. The van der Waals surface area contributed by atoms with Gasteiger partial charge in [0, 0.05) is 45.0 Å². The zero-order chi connectivity index (χ0) is 15.6. The smallest absolute Gasteiger partial charge is 0.194 e. The molecule has 6 heteroatoms. The molecule has 0 bridgehead atoms. The fraction of sp³-hybridized carbons (Fsp3) is 0.588. The van der Waals surface area contributed by atoms with Crippen LogP contribution in [0.15, 0.2) is 35.3 Å². The summed E-state index contributed by atoms with van der Waals surface area (Å²) in [7, 11) is 0. The van der Waals surface area contributed by atoms with Crippen LogP contribution in [0.3, 0.4) is 0 Å². The summed E-state index contributed by atoms with van der Waals surface area (Å²) in [6.45, 7) is 9.32. The first-order valence-electron chi connectivity index (χ1n) is 8.12. The van der Waals surface area contributed by atoms with Crippen LogP contribution in [-0.2, 0) is 6.54 Å². The number of guanidine groups is 1. The van der Waals surface area contributed by atoms with Gasteiger partial charge in [-0.2, -0.15) is 11.8 Å². The van der Waals surface area contributed by atoms with Crippen molar-refractivity contribution in [3.63, 3.8) is 0 Å². The Morgan fingerprint density at radius 2 is 1.87 bits per heavy atom. The van der Waals surface area contributed by atoms with Gasteiger partial charge in [-0.15, -0.1) is 24.0 Å². The van der Waals surface area contributed by atoms with E-state index in [-0.39, 0.29) is 24.0 Å². The highest BCUT2D eigenvalue weighted by molar-refractivity contribution is 14.0. The second kappa shape index (κ2) is 12.0. The summed E-state index contributed by atoms with van der Waals surface area (Å²) in [4.78, 5) is 9.65. The summed E-state index contributed by atoms with van der Waals surface area (Å²) in [5.41, 5.74) is 1.40. The molecule has 1 aromatic carbocycles. The van der Waals surface area contributed by atoms with Crippen molar-refractivity contribution in [2.45, 2.75) is 13.5 Å². The molecule has 1 heterocycles. The molecule has 0 aromatic heterocycles. The number of nitrogens with zero attached hydrogens (tertiary/aromatic N) is 3. The summed E-state index contributed by atoms with van der Waals surface area (Å²) >= 11 is 1.85. The molecule has 1 aliphatic rings. The fourth-order valence-corrected chi connectivity index (χ4v) is 2.90. The predicted molar refractivity (Wildman–Crippen MR) is 113 cm³/mol. The van der Waals surface area contributed by atoms with Gasteiger partial charge in [-0.1, -0.05) is 30.3 Å². The average Bonchev–Trinajstić information content (AvgIpc) is 2.56. The van der Waals surface area contributed by atoms with Gasteiger partial charge in [-0.3, -0.25) is 9.89 Å². The normalized spacial score (nSPS) is 16.1. The number of rotatable bonds is 6. The minimum atomic E-state index is 0. The zero-order valence-corrected chi connectivity index (χ0v) is 17.3. The molecule has 0 aliphatic carbocycles. The summed E-state index contributed by atoms with van der Waals surface area (Å²) in [5, 5.41) is 3.42. The van der Waals surface area contributed by atoms with Gasteiger partial charge in [0.15, 0.2) is 5.96 Å². The Bertz CT molecular complexity index is 447. The van der Waals surface area contributed by atoms with E-state index in [0.29, 0.717) is 0 Å². The first-order chi connectivity index (χ1) is 10.8. The third kappa shape index (κ3) is 7.30. The quantitative estimate of drug-likeness (QED) is 0.314. The van der Waals surface area contributed by atoms with Crippen LogP contribution in [0.5, 0.6) is 0 Å². The topological polar surface area (TPSA) is 30.9 Å². The molecule has 0 atom stereocenters. The molecule has 1 saturated heterocycles. The minimum absolute atomic E-state index is 0. The van der Waals surface area contributed by atoms with Gasteiger partial charge in [-0.05, 0) is 18.7 Å². The lowest BCUT2D eigenvalue weighted by Crippen LogP contribution is -2.52. The number of hydrogen-bond donors (Lipinski definition) is 1. The SMILES string of the molecule is CCNC(=NCCSC)N1CCN(Cc2ccccc2)CC1.I. The molecule has 2 rings (SSSR count). The Morgan fingerprint density at radius 1 is 1.17 bits per heavy atom. The number of hydrogen-bond acceptors (Lipinski definition) is 3. The van der Waals surface area contributed by atoms with Crippen molar-refractivity contribution in [1.29, 1.82) is 0 Å². The molecule has 4 nitrogen and oxygen atoms in total. The Kier molecular flexibility index (Phi) is 10.7. The number of benzene rings is 1. The fourth-order valence-electron chi connectivity index (χ4n) is 2.63.